The Labute approximate surface area is 138 Å². The molecule has 5 heteroatoms. The van der Waals surface area contributed by atoms with Crippen LogP contribution in [-0.4, -0.2) is 66.4 Å². The minimum atomic E-state index is 0.220. The third-order valence-corrected chi connectivity index (χ3v) is 4.84. The van der Waals surface area contributed by atoms with E-state index in [0.717, 1.165) is 44.8 Å². The van der Waals surface area contributed by atoms with E-state index in [-0.39, 0.29) is 5.91 Å². The molecule has 0 unspecified atom stereocenters. The fraction of sp³-hybridized carbons (Fsp3) is 0.588. The fourth-order valence-corrected chi connectivity index (χ4v) is 3.47. The number of likely N-dealkylation sites (N-methyl/N-ethyl adjacent to an activating group) is 1. The molecule has 0 aliphatic carbocycles. The zero-order chi connectivity index (χ0) is 15.9. The van der Waals surface area contributed by atoms with E-state index in [1.54, 1.807) is 0 Å². The van der Waals surface area contributed by atoms with Crippen molar-refractivity contribution in [3.63, 3.8) is 0 Å². The van der Waals surface area contributed by atoms with E-state index in [2.05, 4.69) is 33.9 Å². The first-order chi connectivity index (χ1) is 10.6. The third kappa shape index (κ3) is 5.23. The number of hydrogen-bond acceptors (Lipinski definition) is 4. The second-order valence-corrected chi connectivity index (χ2v) is 7.03. The lowest BCUT2D eigenvalue weighted by Crippen LogP contribution is -2.49. The Bertz CT molecular complexity index is 478. The maximum Gasteiger partial charge on any atom is 0.237 e. The highest BCUT2D eigenvalue weighted by atomic mass is 32.1. The number of carbonyl (C=O) groups is 1. The van der Waals surface area contributed by atoms with Gasteiger partial charge in [-0.15, -0.1) is 11.3 Å². The van der Waals surface area contributed by atoms with Crippen molar-refractivity contribution < 1.29 is 4.79 Å². The zero-order valence-corrected chi connectivity index (χ0v) is 14.6. The lowest BCUT2D eigenvalue weighted by molar-refractivity contribution is -0.132. The van der Waals surface area contributed by atoms with Crippen LogP contribution < -0.4 is 0 Å². The van der Waals surface area contributed by atoms with Crippen molar-refractivity contribution in [1.29, 1.82) is 0 Å². The molecule has 22 heavy (non-hydrogen) atoms. The molecule has 1 aromatic heterocycles. The van der Waals surface area contributed by atoms with Crippen LogP contribution in [0.15, 0.2) is 29.7 Å². The maximum atomic E-state index is 12.3. The van der Waals surface area contributed by atoms with Crippen LogP contribution in [0.3, 0.4) is 0 Å². The molecule has 0 bridgehead atoms. The first-order valence-electron chi connectivity index (χ1n) is 7.97. The smallest absolute Gasteiger partial charge is 0.237 e. The monoisotopic (exact) mass is 321 g/mol. The molecule has 0 spiro atoms. The summed E-state index contributed by atoms with van der Waals surface area (Å²) in [6, 6.07) is 4.30. The third-order valence-electron chi connectivity index (χ3n) is 3.98. The van der Waals surface area contributed by atoms with E-state index in [0.29, 0.717) is 13.1 Å². The largest absolute Gasteiger partial charge is 0.338 e. The summed E-state index contributed by atoms with van der Waals surface area (Å²) in [5.74, 6) is 0.220. The molecule has 1 aliphatic heterocycles. The maximum absolute atomic E-state index is 12.3. The molecular weight excluding hydrogens is 294 g/mol. The number of rotatable bonds is 7. The Morgan fingerprint density at radius 3 is 2.55 bits per heavy atom. The minimum Gasteiger partial charge on any atom is -0.338 e. The number of hydrogen-bond donors (Lipinski definition) is 0. The van der Waals surface area contributed by atoms with Crippen LogP contribution in [-0.2, 0) is 11.3 Å². The molecule has 1 aliphatic rings. The van der Waals surface area contributed by atoms with Gasteiger partial charge in [0, 0.05) is 50.7 Å². The summed E-state index contributed by atoms with van der Waals surface area (Å²) >= 11 is 1.82. The molecule has 2 rings (SSSR count). The predicted octanol–water partition coefficient (Wildman–Crippen LogP) is 2.29. The van der Waals surface area contributed by atoms with Crippen LogP contribution in [0.2, 0.25) is 0 Å². The van der Waals surface area contributed by atoms with Crippen molar-refractivity contribution in [2.45, 2.75) is 20.4 Å². The van der Waals surface area contributed by atoms with Gasteiger partial charge in [0.1, 0.15) is 0 Å². The molecule has 0 saturated carbocycles. The van der Waals surface area contributed by atoms with Crippen molar-refractivity contribution in [2.75, 3.05) is 45.8 Å². The van der Waals surface area contributed by atoms with Gasteiger partial charge in [0.05, 0.1) is 6.54 Å². The molecular formula is C17H27N3OS. The van der Waals surface area contributed by atoms with E-state index in [4.69, 9.17) is 0 Å². The SMILES string of the molecule is C=C(C)CN(CC)C(=O)CN1CCN(Cc2cccs2)CC1. The average molecular weight is 321 g/mol. The molecule has 1 saturated heterocycles. The van der Waals surface area contributed by atoms with Crippen molar-refractivity contribution in [1.82, 2.24) is 14.7 Å². The Balaban J connectivity index is 1.74. The Kier molecular flexibility index (Phi) is 6.61. The molecule has 0 N–H and O–H groups in total. The van der Waals surface area contributed by atoms with Gasteiger partial charge in [-0.25, -0.2) is 0 Å². The zero-order valence-electron chi connectivity index (χ0n) is 13.8. The minimum absolute atomic E-state index is 0.220. The highest BCUT2D eigenvalue weighted by Gasteiger charge is 2.21. The summed E-state index contributed by atoms with van der Waals surface area (Å²) in [7, 11) is 0. The molecule has 0 aromatic carbocycles. The standard InChI is InChI=1S/C17H27N3OS/c1-4-20(12-15(2)3)17(21)14-19-9-7-18(8-10-19)13-16-6-5-11-22-16/h5-6,11H,2,4,7-10,12-14H2,1,3H3. The van der Waals surface area contributed by atoms with Crippen LogP contribution in [0.5, 0.6) is 0 Å². The highest BCUT2D eigenvalue weighted by Crippen LogP contribution is 2.13. The first-order valence-corrected chi connectivity index (χ1v) is 8.85. The Morgan fingerprint density at radius 2 is 2.00 bits per heavy atom. The number of carbonyl (C=O) groups excluding carboxylic acids is 1. The van der Waals surface area contributed by atoms with E-state index in [1.165, 1.54) is 4.88 Å². The number of thiophene rings is 1. The van der Waals surface area contributed by atoms with Gasteiger partial charge in [0.2, 0.25) is 5.91 Å². The average Bonchev–Trinajstić information content (AvgIpc) is 2.99. The van der Waals surface area contributed by atoms with Gasteiger partial charge in [0.25, 0.3) is 0 Å². The van der Waals surface area contributed by atoms with Crippen LogP contribution in [0.25, 0.3) is 0 Å². The van der Waals surface area contributed by atoms with Crippen LogP contribution in [0.1, 0.15) is 18.7 Å². The molecule has 2 heterocycles. The number of nitrogens with zero attached hydrogens (tertiary/aromatic N) is 3. The predicted molar refractivity (Wildman–Crippen MR) is 93.1 cm³/mol. The molecule has 1 fully saturated rings. The highest BCUT2D eigenvalue weighted by molar-refractivity contribution is 7.09. The molecule has 1 aromatic rings. The Morgan fingerprint density at radius 1 is 1.32 bits per heavy atom. The van der Waals surface area contributed by atoms with Gasteiger partial charge < -0.3 is 4.90 Å². The second-order valence-electron chi connectivity index (χ2n) is 6.00. The normalized spacial score (nSPS) is 16.6. The molecule has 0 atom stereocenters. The topological polar surface area (TPSA) is 26.8 Å². The van der Waals surface area contributed by atoms with Gasteiger partial charge in [-0.05, 0) is 25.3 Å². The lowest BCUT2D eigenvalue weighted by Gasteiger charge is -2.35. The van der Waals surface area contributed by atoms with Gasteiger partial charge in [-0.3, -0.25) is 14.6 Å². The van der Waals surface area contributed by atoms with Crippen LogP contribution in [0, 0.1) is 0 Å². The van der Waals surface area contributed by atoms with Gasteiger partial charge in [-0.2, -0.15) is 0 Å². The fourth-order valence-electron chi connectivity index (χ4n) is 2.72. The number of piperazine rings is 1. The number of amides is 1. The van der Waals surface area contributed by atoms with E-state index >= 15 is 0 Å². The summed E-state index contributed by atoms with van der Waals surface area (Å²) < 4.78 is 0. The lowest BCUT2D eigenvalue weighted by atomic mass is 10.2. The molecule has 122 valence electrons. The molecule has 4 nitrogen and oxygen atoms in total. The summed E-state index contributed by atoms with van der Waals surface area (Å²) in [6.07, 6.45) is 0. The van der Waals surface area contributed by atoms with Gasteiger partial charge in [0.15, 0.2) is 0 Å². The summed E-state index contributed by atoms with van der Waals surface area (Å²) in [5, 5.41) is 2.13. The van der Waals surface area contributed by atoms with Crippen molar-refractivity contribution >= 4 is 17.2 Å². The van der Waals surface area contributed by atoms with Crippen molar-refractivity contribution in [3.8, 4) is 0 Å². The van der Waals surface area contributed by atoms with Gasteiger partial charge >= 0.3 is 0 Å². The van der Waals surface area contributed by atoms with E-state index < -0.39 is 0 Å². The van der Waals surface area contributed by atoms with Crippen molar-refractivity contribution in [3.05, 3.63) is 34.5 Å². The second kappa shape index (κ2) is 8.46. The van der Waals surface area contributed by atoms with Crippen molar-refractivity contribution in [2.24, 2.45) is 0 Å². The van der Waals surface area contributed by atoms with Crippen LogP contribution >= 0.6 is 11.3 Å². The summed E-state index contributed by atoms with van der Waals surface area (Å²) in [6.45, 7) is 14.9. The quantitative estimate of drug-likeness (QED) is 0.721. The van der Waals surface area contributed by atoms with E-state index in [9.17, 15) is 4.79 Å². The Hall–Kier alpha value is -1.17. The summed E-state index contributed by atoms with van der Waals surface area (Å²) in [4.78, 5) is 20.4. The molecule has 0 radical (unpaired) electrons. The van der Waals surface area contributed by atoms with E-state index in [1.807, 2.05) is 30.1 Å². The van der Waals surface area contributed by atoms with Crippen LogP contribution in [0.4, 0.5) is 0 Å². The molecule has 1 amide bonds. The first kappa shape index (κ1) is 17.2. The van der Waals surface area contributed by atoms with Gasteiger partial charge in [-0.1, -0.05) is 18.2 Å². The summed E-state index contributed by atoms with van der Waals surface area (Å²) in [5.41, 5.74) is 1.04.